The molecule has 2 aromatic carbocycles. The molecule has 16 N–H and O–H groups in total. The van der Waals surface area contributed by atoms with E-state index in [0.29, 0.717) is 50.6 Å². The highest BCUT2D eigenvalue weighted by atomic mass is 16.6. The molecular formula is C58H93N13O11. The second-order valence-electron chi connectivity index (χ2n) is 22.5. The molecule has 1 heterocycles. The van der Waals surface area contributed by atoms with Crippen molar-refractivity contribution in [2.24, 2.45) is 29.0 Å². The Hall–Kier alpha value is -7.34. The van der Waals surface area contributed by atoms with Crippen molar-refractivity contribution < 1.29 is 53.0 Å². The van der Waals surface area contributed by atoms with Gasteiger partial charge in [-0.25, -0.2) is 9.59 Å². The van der Waals surface area contributed by atoms with Gasteiger partial charge >= 0.3 is 12.1 Å². The van der Waals surface area contributed by atoms with Gasteiger partial charge in [0.2, 0.25) is 41.4 Å². The molecule has 0 saturated carbocycles. The van der Waals surface area contributed by atoms with Crippen LogP contribution in [0.25, 0.3) is 0 Å². The normalized spacial score (nSPS) is 16.1. The predicted molar refractivity (Wildman–Crippen MR) is 311 cm³/mol. The monoisotopic (exact) mass is 1150 g/mol. The highest BCUT2D eigenvalue weighted by Crippen LogP contribution is 2.22. The highest BCUT2D eigenvalue weighted by molar-refractivity contribution is 5.98. The molecule has 0 unspecified atom stereocenters. The van der Waals surface area contributed by atoms with Gasteiger partial charge in [0.25, 0.3) is 0 Å². The maximum atomic E-state index is 14.6. The topological polar surface area (TPSA) is 384 Å². The van der Waals surface area contributed by atoms with Crippen LogP contribution in [-0.4, -0.2) is 149 Å². The van der Waals surface area contributed by atoms with Gasteiger partial charge in [0.05, 0.1) is 0 Å². The van der Waals surface area contributed by atoms with Crippen molar-refractivity contribution in [1.82, 2.24) is 47.4 Å². The molecule has 1 aliphatic rings. The first-order chi connectivity index (χ1) is 38.9. The Balaban J connectivity index is 1.93. The van der Waals surface area contributed by atoms with Gasteiger partial charge < -0.3 is 74.5 Å². The lowest BCUT2D eigenvalue weighted by Gasteiger charge is -2.32. The zero-order valence-corrected chi connectivity index (χ0v) is 49.0. The van der Waals surface area contributed by atoms with E-state index in [-0.39, 0.29) is 82.9 Å². The Morgan fingerprint density at radius 1 is 0.646 bits per heavy atom. The van der Waals surface area contributed by atoms with E-state index < -0.39 is 113 Å². The minimum atomic E-state index is -1.26. The number of carbonyl (C=O) groups excluding carboxylic acids is 8. The minimum Gasteiger partial charge on any atom is -0.480 e. The average Bonchev–Trinajstić information content (AvgIpc) is 3.95. The number of nitrogens with two attached hydrogens (primary N) is 3. The standard InChI is InChI=1S/C58H93N13O11/c1-8-37(4)47(53(77)65-41(27-19-31-63-56(61)62)54(78)71-32-20-28-46(71)52(76)66-42(55(79)80)26-16-18-30-60)70-48(72)40(25-15-17-29-59)64-49(73)43(33-36(2)3)67-50(74)44(34-38-21-11-9-12-22-38)68-51(75)45(35-39-23-13-10-14-24-39)69-57(81)82-58(5,6)7/h9-14,21-24,36-37,40-47H,8,15-20,25-35,59-60H2,1-7H3,(H,64,73)(H,65,77)(H,66,76)(H,67,74)(H,68,75)(H,69,81)(H,70,72)(H,79,80)(H4,61,62,63)/t37-,40+,41-,42-,43+,44+,45+,46-,47-/m0/s1. The molecule has 456 valence electrons. The molecule has 9 atom stereocenters. The van der Waals surface area contributed by atoms with Crippen molar-refractivity contribution in [1.29, 1.82) is 5.41 Å². The molecule has 24 heteroatoms. The first kappa shape index (κ1) is 68.9. The Morgan fingerprint density at radius 2 is 1.13 bits per heavy atom. The maximum absolute atomic E-state index is 14.6. The quantitative estimate of drug-likeness (QED) is 0.0267. The Kier molecular flexibility index (Phi) is 29.8. The third kappa shape index (κ3) is 24.8. The summed E-state index contributed by atoms with van der Waals surface area (Å²) in [5, 5.41) is 39.5. The lowest BCUT2D eigenvalue weighted by atomic mass is 9.96. The number of ether oxygens (including phenoxy) is 1. The summed E-state index contributed by atoms with van der Waals surface area (Å²) in [6.45, 7) is 13.3. The first-order valence-corrected chi connectivity index (χ1v) is 28.8. The van der Waals surface area contributed by atoms with E-state index in [2.05, 4.69) is 42.5 Å². The Morgan fingerprint density at radius 3 is 1.65 bits per heavy atom. The molecule has 1 saturated heterocycles. The summed E-state index contributed by atoms with van der Waals surface area (Å²) in [7, 11) is 0. The number of benzene rings is 2. The van der Waals surface area contributed by atoms with Crippen LogP contribution in [0.2, 0.25) is 0 Å². The largest absolute Gasteiger partial charge is 0.480 e. The van der Waals surface area contributed by atoms with Gasteiger partial charge in [-0.05, 0) is 127 Å². The number of nitrogens with zero attached hydrogens (tertiary/aromatic N) is 1. The highest BCUT2D eigenvalue weighted by Gasteiger charge is 2.41. The molecule has 3 rings (SSSR count). The molecule has 82 heavy (non-hydrogen) atoms. The van der Waals surface area contributed by atoms with Gasteiger partial charge in [-0.3, -0.25) is 39.0 Å². The van der Waals surface area contributed by atoms with Crippen LogP contribution in [0.1, 0.15) is 137 Å². The summed E-state index contributed by atoms with van der Waals surface area (Å²) >= 11 is 0. The second kappa shape index (κ2) is 35.5. The summed E-state index contributed by atoms with van der Waals surface area (Å²) in [5.74, 6) is -7.00. The summed E-state index contributed by atoms with van der Waals surface area (Å²) in [5.41, 5.74) is 17.5. The molecule has 0 aliphatic carbocycles. The van der Waals surface area contributed by atoms with Crippen LogP contribution in [-0.2, 0) is 55.9 Å². The number of hydrogen-bond donors (Lipinski definition) is 13. The van der Waals surface area contributed by atoms with Crippen molar-refractivity contribution in [2.75, 3.05) is 26.2 Å². The number of nitrogens with one attached hydrogen (secondary N) is 9. The number of amides is 8. The van der Waals surface area contributed by atoms with E-state index in [0.717, 1.165) is 5.56 Å². The number of likely N-dealkylation sites (tertiary alicyclic amines) is 1. The van der Waals surface area contributed by atoms with Gasteiger partial charge in [-0.15, -0.1) is 0 Å². The lowest BCUT2D eigenvalue weighted by Crippen LogP contribution is -2.61. The van der Waals surface area contributed by atoms with E-state index in [9.17, 15) is 48.3 Å². The fraction of sp³-hybridized carbons (Fsp3) is 0.621. The molecule has 1 fully saturated rings. The van der Waals surface area contributed by atoms with Crippen molar-refractivity contribution in [3.8, 4) is 0 Å². The fourth-order valence-corrected chi connectivity index (χ4v) is 9.37. The van der Waals surface area contributed by atoms with Crippen LogP contribution in [0.5, 0.6) is 0 Å². The van der Waals surface area contributed by atoms with Crippen LogP contribution in [0.4, 0.5) is 4.79 Å². The summed E-state index contributed by atoms with van der Waals surface area (Å²) in [4.78, 5) is 127. The average molecular weight is 1150 g/mol. The van der Waals surface area contributed by atoms with Crippen molar-refractivity contribution >= 4 is 59.4 Å². The molecular weight excluding hydrogens is 1050 g/mol. The molecule has 0 bridgehead atoms. The zero-order chi connectivity index (χ0) is 60.9. The van der Waals surface area contributed by atoms with Crippen LogP contribution in [0, 0.1) is 17.2 Å². The number of aliphatic carboxylic acids is 1. The lowest BCUT2D eigenvalue weighted by molar-refractivity contribution is -0.145. The van der Waals surface area contributed by atoms with Crippen LogP contribution >= 0.6 is 0 Å². The van der Waals surface area contributed by atoms with Crippen LogP contribution in [0.3, 0.4) is 0 Å². The van der Waals surface area contributed by atoms with Gasteiger partial charge in [0.15, 0.2) is 5.96 Å². The molecule has 0 aromatic heterocycles. The Bertz CT molecular complexity index is 2390. The number of unbranched alkanes of at least 4 members (excludes halogenated alkanes) is 2. The summed E-state index contributed by atoms with van der Waals surface area (Å²) in [6, 6.07) is 8.32. The SMILES string of the molecule is CC[C@H](C)[C@H](NC(=O)[C@@H](CCCCN)NC(=O)[C@@H](CC(C)C)NC(=O)[C@@H](Cc1ccccc1)NC(=O)[C@@H](Cc1ccccc1)NC(=O)OC(C)(C)C)C(=O)N[C@@H](CCCNC(=N)N)C(=O)N1CCC[C@H]1C(=O)N[C@@H](CCCCN)C(=O)O. The van der Waals surface area contributed by atoms with E-state index in [1.54, 1.807) is 82.3 Å². The third-order valence-corrected chi connectivity index (χ3v) is 13.9. The number of carboxylic acid groups (broad SMARTS) is 1. The summed E-state index contributed by atoms with van der Waals surface area (Å²) in [6.07, 6.45) is 2.80. The van der Waals surface area contributed by atoms with Gasteiger partial charge in [-0.1, -0.05) is 94.8 Å². The molecule has 8 amide bonds. The van der Waals surface area contributed by atoms with Gasteiger partial charge in [0.1, 0.15) is 53.9 Å². The number of alkyl carbamates (subject to hydrolysis) is 1. The first-order valence-electron chi connectivity index (χ1n) is 28.8. The van der Waals surface area contributed by atoms with E-state index in [4.69, 9.17) is 27.3 Å². The van der Waals surface area contributed by atoms with Crippen molar-refractivity contribution in [3.05, 3.63) is 71.8 Å². The van der Waals surface area contributed by atoms with Crippen molar-refractivity contribution in [3.63, 3.8) is 0 Å². The van der Waals surface area contributed by atoms with E-state index >= 15 is 0 Å². The number of guanidine groups is 1. The predicted octanol–water partition coefficient (Wildman–Crippen LogP) is 1.96. The van der Waals surface area contributed by atoms with Gasteiger partial charge in [0, 0.05) is 25.9 Å². The number of hydrogen-bond acceptors (Lipinski definition) is 13. The second-order valence-corrected chi connectivity index (χ2v) is 22.5. The maximum Gasteiger partial charge on any atom is 0.408 e. The number of carboxylic acids is 1. The van der Waals surface area contributed by atoms with E-state index in [1.807, 2.05) is 26.8 Å². The Labute approximate surface area is 482 Å². The molecule has 0 spiro atoms. The fourth-order valence-electron chi connectivity index (χ4n) is 9.37. The number of rotatable bonds is 35. The molecule has 0 radical (unpaired) electrons. The minimum absolute atomic E-state index is 0.000986. The van der Waals surface area contributed by atoms with E-state index in [1.165, 1.54) is 4.90 Å². The van der Waals surface area contributed by atoms with Gasteiger partial charge in [-0.2, -0.15) is 0 Å². The van der Waals surface area contributed by atoms with Crippen LogP contribution < -0.4 is 59.7 Å². The zero-order valence-electron chi connectivity index (χ0n) is 49.0. The molecule has 24 nitrogen and oxygen atoms in total. The third-order valence-electron chi connectivity index (χ3n) is 13.9. The molecule has 1 aliphatic heterocycles. The molecule has 2 aromatic rings. The van der Waals surface area contributed by atoms with Crippen molar-refractivity contribution in [2.45, 2.75) is 192 Å². The summed E-state index contributed by atoms with van der Waals surface area (Å²) < 4.78 is 5.49. The van der Waals surface area contributed by atoms with Crippen LogP contribution in [0.15, 0.2) is 60.7 Å². The smallest absolute Gasteiger partial charge is 0.408 e. The number of carbonyl (C=O) groups is 9.